The first kappa shape index (κ1) is 13.3. The minimum Gasteiger partial charge on any atom is -0.495 e. The molecule has 0 spiro atoms. The van der Waals surface area contributed by atoms with Gasteiger partial charge in [0.1, 0.15) is 5.75 Å². The van der Waals surface area contributed by atoms with Gasteiger partial charge in [-0.05, 0) is 37.8 Å². The van der Waals surface area contributed by atoms with E-state index in [2.05, 4.69) is 17.3 Å². The highest BCUT2D eigenvalue weighted by atomic mass is 16.5. The number of pyridine rings is 1. The van der Waals surface area contributed by atoms with Crippen LogP contribution in [0.3, 0.4) is 0 Å². The highest BCUT2D eigenvalue weighted by Crippen LogP contribution is 2.36. The molecule has 100 valence electrons. The van der Waals surface area contributed by atoms with Crippen molar-refractivity contribution in [2.24, 2.45) is 5.84 Å². The Bertz CT molecular complexity index is 392. The van der Waals surface area contributed by atoms with Crippen LogP contribution in [0.25, 0.3) is 0 Å². The molecule has 1 aliphatic rings. The van der Waals surface area contributed by atoms with E-state index >= 15 is 0 Å². The summed E-state index contributed by atoms with van der Waals surface area (Å²) in [4.78, 5) is 4.17. The zero-order chi connectivity index (χ0) is 13.0. The quantitative estimate of drug-likeness (QED) is 0.627. The van der Waals surface area contributed by atoms with Crippen LogP contribution in [0.5, 0.6) is 5.75 Å². The molecule has 2 unspecified atom stereocenters. The Morgan fingerprint density at radius 3 is 2.94 bits per heavy atom. The summed E-state index contributed by atoms with van der Waals surface area (Å²) < 4.78 is 11.1. The molecule has 0 radical (unpaired) electrons. The molecule has 5 nitrogen and oxygen atoms in total. The maximum atomic E-state index is 5.94. The molecule has 1 aromatic heterocycles. The molecule has 0 amide bonds. The van der Waals surface area contributed by atoms with Gasteiger partial charge in [-0.15, -0.1) is 0 Å². The van der Waals surface area contributed by atoms with Gasteiger partial charge < -0.3 is 9.47 Å². The van der Waals surface area contributed by atoms with E-state index < -0.39 is 0 Å². The summed E-state index contributed by atoms with van der Waals surface area (Å²) in [5.74, 6) is 6.44. The Morgan fingerprint density at radius 1 is 1.50 bits per heavy atom. The molecule has 0 saturated carbocycles. The monoisotopic (exact) mass is 251 g/mol. The van der Waals surface area contributed by atoms with Gasteiger partial charge in [0.2, 0.25) is 0 Å². The van der Waals surface area contributed by atoms with Gasteiger partial charge in [-0.3, -0.25) is 16.3 Å². The molecule has 1 saturated heterocycles. The highest BCUT2D eigenvalue weighted by molar-refractivity contribution is 5.27. The predicted octanol–water partition coefficient (Wildman–Crippen LogP) is 1.55. The van der Waals surface area contributed by atoms with Crippen molar-refractivity contribution in [3.8, 4) is 5.75 Å². The van der Waals surface area contributed by atoms with Crippen LogP contribution in [-0.4, -0.2) is 24.3 Å². The summed E-state index contributed by atoms with van der Waals surface area (Å²) in [5.41, 5.74) is 3.56. The lowest BCUT2D eigenvalue weighted by molar-refractivity contribution is -0.0899. The van der Waals surface area contributed by atoms with Crippen molar-refractivity contribution in [3.63, 3.8) is 0 Å². The summed E-state index contributed by atoms with van der Waals surface area (Å²) >= 11 is 0. The molecule has 0 aliphatic carbocycles. The molecule has 2 atom stereocenters. The summed E-state index contributed by atoms with van der Waals surface area (Å²) in [6, 6.07) is 1.86. The lowest BCUT2D eigenvalue weighted by Gasteiger charge is -2.40. The third-order valence-electron chi connectivity index (χ3n) is 3.58. The fourth-order valence-corrected chi connectivity index (χ4v) is 2.51. The van der Waals surface area contributed by atoms with Crippen LogP contribution in [0.2, 0.25) is 0 Å². The third-order valence-corrected chi connectivity index (χ3v) is 3.58. The fraction of sp³-hybridized carbons (Fsp3) is 0.615. The molecule has 3 N–H and O–H groups in total. The first-order chi connectivity index (χ1) is 8.69. The summed E-state index contributed by atoms with van der Waals surface area (Å²) in [6.07, 6.45) is 6.74. The van der Waals surface area contributed by atoms with Gasteiger partial charge in [-0.2, -0.15) is 0 Å². The van der Waals surface area contributed by atoms with E-state index in [0.29, 0.717) is 0 Å². The fourth-order valence-electron chi connectivity index (χ4n) is 2.51. The third kappa shape index (κ3) is 2.63. The number of nitrogens with one attached hydrogen (secondary N) is 1. The number of ether oxygens (including phenoxy) is 2. The van der Waals surface area contributed by atoms with Crippen LogP contribution >= 0.6 is 0 Å². The Morgan fingerprint density at radius 2 is 2.33 bits per heavy atom. The number of hydrogen-bond donors (Lipinski definition) is 2. The van der Waals surface area contributed by atoms with E-state index in [0.717, 1.165) is 37.2 Å². The molecule has 1 fully saturated rings. The number of hydrogen-bond acceptors (Lipinski definition) is 5. The van der Waals surface area contributed by atoms with Crippen molar-refractivity contribution in [2.75, 3.05) is 13.7 Å². The van der Waals surface area contributed by atoms with Crippen LogP contribution in [-0.2, 0) is 4.74 Å². The van der Waals surface area contributed by atoms with Crippen LogP contribution in [0, 0.1) is 0 Å². The van der Waals surface area contributed by atoms with Gasteiger partial charge in [-0.25, -0.2) is 0 Å². The molecular weight excluding hydrogens is 230 g/mol. The smallest absolute Gasteiger partial charge is 0.137 e. The minimum atomic E-state index is -0.291. The van der Waals surface area contributed by atoms with Crippen molar-refractivity contribution < 1.29 is 9.47 Å². The number of nitrogens with zero attached hydrogens (tertiary/aromatic N) is 1. The molecule has 1 aliphatic heterocycles. The van der Waals surface area contributed by atoms with Gasteiger partial charge in [0, 0.05) is 12.8 Å². The molecule has 2 heterocycles. The number of rotatable bonds is 4. The van der Waals surface area contributed by atoms with Crippen molar-refractivity contribution in [1.29, 1.82) is 0 Å². The standard InChI is InChI=1S/C13H21N3O2/c1-13(5-3-4-6-18-13)12(16-14)10-7-11(17-2)9-15-8-10/h7-9,12,16H,3-6,14H2,1-2H3. The Kier molecular flexibility index (Phi) is 4.16. The Balaban J connectivity index is 2.26. The normalized spacial score (nSPS) is 25.7. The summed E-state index contributed by atoms with van der Waals surface area (Å²) in [5, 5.41) is 0. The zero-order valence-corrected chi connectivity index (χ0v) is 11.0. The first-order valence-corrected chi connectivity index (χ1v) is 6.28. The second kappa shape index (κ2) is 5.65. The molecule has 0 bridgehead atoms. The lowest BCUT2D eigenvalue weighted by atomic mass is 9.85. The maximum absolute atomic E-state index is 5.94. The van der Waals surface area contributed by atoms with E-state index in [9.17, 15) is 0 Å². The van der Waals surface area contributed by atoms with Crippen LogP contribution in [0.4, 0.5) is 0 Å². The van der Waals surface area contributed by atoms with E-state index in [4.69, 9.17) is 15.3 Å². The van der Waals surface area contributed by atoms with Crippen LogP contribution in [0.15, 0.2) is 18.5 Å². The average Bonchev–Trinajstić information content (AvgIpc) is 2.40. The molecular formula is C13H21N3O2. The van der Waals surface area contributed by atoms with Crippen LogP contribution < -0.4 is 16.0 Å². The number of methoxy groups -OCH3 is 1. The van der Waals surface area contributed by atoms with Gasteiger partial charge in [-0.1, -0.05) is 0 Å². The van der Waals surface area contributed by atoms with Crippen molar-refractivity contribution in [1.82, 2.24) is 10.4 Å². The van der Waals surface area contributed by atoms with Gasteiger partial charge >= 0.3 is 0 Å². The average molecular weight is 251 g/mol. The number of aromatic nitrogens is 1. The summed E-state index contributed by atoms with van der Waals surface area (Å²) in [6.45, 7) is 2.88. The minimum absolute atomic E-state index is 0.0830. The van der Waals surface area contributed by atoms with Crippen LogP contribution in [0.1, 0.15) is 37.8 Å². The Labute approximate surface area is 108 Å². The number of hydrazine groups is 1. The topological polar surface area (TPSA) is 69.4 Å². The van der Waals surface area contributed by atoms with Crippen molar-refractivity contribution in [2.45, 2.75) is 37.8 Å². The van der Waals surface area contributed by atoms with Crippen molar-refractivity contribution in [3.05, 3.63) is 24.0 Å². The van der Waals surface area contributed by atoms with Crippen molar-refractivity contribution >= 4 is 0 Å². The van der Waals surface area contributed by atoms with E-state index in [-0.39, 0.29) is 11.6 Å². The second-order valence-electron chi connectivity index (χ2n) is 4.88. The lowest BCUT2D eigenvalue weighted by Crippen LogP contribution is -2.48. The molecule has 5 heteroatoms. The first-order valence-electron chi connectivity index (χ1n) is 6.28. The largest absolute Gasteiger partial charge is 0.495 e. The Hall–Kier alpha value is -1.17. The van der Waals surface area contributed by atoms with E-state index in [1.807, 2.05) is 6.07 Å². The molecule has 2 rings (SSSR count). The van der Waals surface area contributed by atoms with E-state index in [1.54, 1.807) is 19.5 Å². The van der Waals surface area contributed by atoms with Gasteiger partial charge in [0.05, 0.1) is 24.9 Å². The zero-order valence-electron chi connectivity index (χ0n) is 11.0. The summed E-state index contributed by atoms with van der Waals surface area (Å²) in [7, 11) is 1.63. The molecule has 0 aromatic carbocycles. The predicted molar refractivity (Wildman–Crippen MR) is 69.1 cm³/mol. The second-order valence-corrected chi connectivity index (χ2v) is 4.88. The molecule has 18 heavy (non-hydrogen) atoms. The van der Waals surface area contributed by atoms with Gasteiger partial charge in [0.25, 0.3) is 0 Å². The maximum Gasteiger partial charge on any atom is 0.137 e. The van der Waals surface area contributed by atoms with Gasteiger partial charge in [0.15, 0.2) is 0 Å². The SMILES string of the molecule is COc1cncc(C(NN)C2(C)CCCCO2)c1. The highest BCUT2D eigenvalue weighted by Gasteiger charge is 2.37. The number of nitrogens with two attached hydrogens (primary N) is 1. The van der Waals surface area contributed by atoms with E-state index in [1.165, 1.54) is 0 Å². The molecule has 1 aromatic rings.